The van der Waals surface area contributed by atoms with Gasteiger partial charge in [-0.05, 0) is 24.1 Å². The molecule has 130 valence electrons. The number of piperazine rings is 1. The number of aromatic amines is 1. The monoisotopic (exact) mass is 368 g/mol. The largest absolute Gasteiger partial charge is 0.314 e. The van der Waals surface area contributed by atoms with Crippen molar-refractivity contribution < 1.29 is 0 Å². The second kappa shape index (κ2) is 8.62. The summed E-state index contributed by atoms with van der Waals surface area (Å²) in [6.07, 6.45) is 0.760. The summed E-state index contributed by atoms with van der Waals surface area (Å²) in [4.78, 5) is 21.5. The van der Waals surface area contributed by atoms with Crippen LogP contribution in [0.1, 0.15) is 30.0 Å². The molecule has 0 saturated carbocycles. The van der Waals surface area contributed by atoms with Gasteiger partial charge in [0, 0.05) is 42.5 Å². The van der Waals surface area contributed by atoms with Crippen molar-refractivity contribution in [3.8, 4) is 0 Å². The van der Waals surface area contributed by atoms with Gasteiger partial charge in [-0.3, -0.25) is 9.69 Å². The van der Waals surface area contributed by atoms with E-state index in [1.54, 1.807) is 6.07 Å². The van der Waals surface area contributed by atoms with E-state index in [2.05, 4.69) is 26.3 Å². The molecule has 0 bridgehead atoms. The highest BCUT2D eigenvalue weighted by molar-refractivity contribution is 6.30. The van der Waals surface area contributed by atoms with Crippen LogP contribution in [0.5, 0.6) is 0 Å². The van der Waals surface area contributed by atoms with E-state index in [-0.39, 0.29) is 24.0 Å². The normalized spacial score (nSPS) is 18.2. The molecule has 2 aromatic rings. The predicted octanol–water partition coefficient (Wildman–Crippen LogP) is 2.55. The number of nitrogens with zero attached hydrogens (tertiary/aromatic N) is 2. The van der Waals surface area contributed by atoms with E-state index in [0.29, 0.717) is 6.54 Å². The number of benzene rings is 1. The van der Waals surface area contributed by atoms with Crippen molar-refractivity contribution in [1.29, 1.82) is 0 Å². The minimum Gasteiger partial charge on any atom is -0.314 e. The summed E-state index contributed by atoms with van der Waals surface area (Å²) in [5, 5.41) is 4.17. The zero-order chi connectivity index (χ0) is 16.2. The van der Waals surface area contributed by atoms with Gasteiger partial charge in [0.05, 0.1) is 6.54 Å². The summed E-state index contributed by atoms with van der Waals surface area (Å²) in [7, 11) is 0. The second-order valence-corrected chi connectivity index (χ2v) is 6.22. The molecule has 2 heterocycles. The number of hydrogen-bond acceptors (Lipinski definition) is 4. The average molecular weight is 369 g/mol. The highest BCUT2D eigenvalue weighted by atomic mass is 35.5. The van der Waals surface area contributed by atoms with Crippen LogP contribution in [0.15, 0.2) is 35.1 Å². The molecule has 0 aliphatic carbocycles. The topological polar surface area (TPSA) is 61.0 Å². The first-order chi connectivity index (χ1) is 11.2. The van der Waals surface area contributed by atoms with E-state index in [9.17, 15) is 4.79 Å². The predicted molar refractivity (Wildman–Crippen MR) is 99.0 cm³/mol. The number of aryl methyl sites for hydroxylation is 1. The Morgan fingerprint density at radius 1 is 1.38 bits per heavy atom. The van der Waals surface area contributed by atoms with Gasteiger partial charge in [0.1, 0.15) is 5.82 Å². The van der Waals surface area contributed by atoms with Gasteiger partial charge in [-0.1, -0.05) is 30.7 Å². The molecule has 1 atom stereocenters. The fourth-order valence-corrected chi connectivity index (χ4v) is 3.19. The van der Waals surface area contributed by atoms with Gasteiger partial charge in [0.2, 0.25) is 0 Å². The Labute approximate surface area is 152 Å². The van der Waals surface area contributed by atoms with Crippen LogP contribution in [-0.4, -0.2) is 34.5 Å². The highest BCUT2D eigenvalue weighted by Gasteiger charge is 2.24. The van der Waals surface area contributed by atoms with E-state index < -0.39 is 0 Å². The van der Waals surface area contributed by atoms with Crippen molar-refractivity contribution in [2.45, 2.75) is 25.9 Å². The third-order valence-corrected chi connectivity index (χ3v) is 4.38. The fraction of sp³-hybridized carbons (Fsp3) is 0.412. The second-order valence-electron chi connectivity index (χ2n) is 5.78. The Morgan fingerprint density at radius 3 is 2.96 bits per heavy atom. The first-order valence-corrected chi connectivity index (χ1v) is 8.33. The Kier molecular flexibility index (Phi) is 6.80. The quantitative estimate of drug-likeness (QED) is 0.870. The van der Waals surface area contributed by atoms with Crippen LogP contribution in [-0.2, 0) is 13.0 Å². The molecule has 1 aromatic carbocycles. The molecule has 1 aromatic heterocycles. The lowest BCUT2D eigenvalue weighted by Crippen LogP contribution is -2.45. The smallest absolute Gasteiger partial charge is 0.251 e. The van der Waals surface area contributed by atoms with Crippen molar-refractivity contribution in [3.05, 3.63) is 62.8 Å². The molecule has 24 heavy (non-hydrogen) atoms. The van der Waals surface area contributed by atoms with Crippen molar-refractivity contribution in [1.82, 2.24) is 20.2 Å². The maximum atomic E-state index is 11.8. The van der Waals surface area contributed by atoms with Crippen LogP contribution in [0.4, 0.5) is 0 Å². The number of hydrogen-bond donors (Lipinski definition) is 2. The Balaban J connectivity index is 0.00000208. The summed E-state index contributed by atoms with van der Waals surface area (Å²) >= 11 is 6.13. The summed E-state index contributed by atoms with van der Waals surface area (Å²) in [5.74, 6) is 0.725. The molecule has 5 nitrogen and oxygen atoms in total. The van der Waals surface area contributed by atoms with Crippen molar-refractivity contribution in [2.24, 2.45) is 0 Å². The molecule has 1 aliphatic rings. The van der Waals surface area contributed by atoms with Crippen molar-refractivity contribution in [2.75, 3.05) is 19.6 Å². The third kappa shape index (κ3) is 4.57. The standard InChI is InChI=1S/C17H21ClN4O.ClH/c1-2-14-9-17(23)21-16(20-14)11-22-7-6-19-10-15(22)12-4-3-5-13(18)8-12;/h3-5,8-9,15,19H,2,6-7,10-11H2,1H3,(H,20,21,23);1H. The SMILES string of the molecule is CCc1cc(=O)[nH]c(CN2CCNCC2c2cccc(Cl)c2)n1.Cl. The van der Waals surface area contributed by atoms with Gasteiger partial charge < -0.3 is 10.3 Å². The Bertz CT molecular complexity index is 735. The highest BCUT2D eigenvalue weighted by Crippen LogP contribution is 2.25. The van der Waals surface area contributed by atoms with Crippen molar-refractivity contribution in [3.63, 3.8) is 0 Å². The van der Waals surface area contributed by atoms with Crippen LogP contribution < -0.4 is 10.9 Å². The molecule has 2 N–H and O–H groups in total. The van der Waals surface area contributed by atoms with Crippen molar-refractivity contribution >= 4 is 24.0 Å². The minimum atomic E-state index is -0.0821. The van der Waals surface area contributed by atoms with Gasteiger partial charge >= 0.3 is 0 Å². The van der Waals surface area contributed by atoms with E-state index in [4.69, 9.17) is 11.6 Å². The lowest BCUT2D eigenvalue weighted by Gasteiger charge is -2.36. The fourth-order valence-electron chi connectivity index (χ4n) is 2.99. The number of rotatable bonds is 4. The first kappa shape index (κ1) is 18.9. The van der Waals surface area contributed by atoms with Gasteiger partial charge in [-0.25, -0.2) is 4.98 Å². The van der Waals surface area contributed by atoms with E-state index >= 15 is 0 Å². The maximum Gasteiger partial charge on any atom is 0.251 e. The molecule has 7 heteroatoms. The maximum absolute atomic E-state index is 11.8. The number of aromatic nitrogens is 2. The number of H-pyrrole nitrogens is 1. The minimum absolute atomic E-state index is 0. The first-order valence-electron chi connectivity index (χ1n) is 7.95. The average Bonchev–Trinajstić information content (AvgIpc) is 2.55. The van der Waals surface area contributed by atoms with Crippen LogP contribution in [0.3, 0.4) is 0 Å². The molecule has 0 amide bonds. The molecule has 0 spiro atoms. The zero-order valence-electron chi connectivity index (χ0n) is 13.6. The van der Waals surface area contributed by atoms with Gasteiger partial charge in [-0.2, -0.15) is 0 Å². The number of halogens is 2. The summed E-state index contributed by atoms with van der Waals surface area (Å²) in [6, 6.07) is 9.74. The molecule has 1 saturated heterocycles. The van der Waals surface area contributed by atoms with E-state index in [1.807, 2.05) is 25.1 Å². The molecule has 1 unspecified atom stereocenters. The summed E-state index contributed by atoms with van der Waals surface area (Å²) in [6.45, 7) is 5.32. The van der Waals surface area contributed by atoms with Crippen LogP contribution in [0.25, 0.3) is 0 Å². The lowest BCUT2D eigenvalue weighted by molar-refractivity contribution is 0.149. The molecular formula is C17H22Cl2N4O. The van der Waals surface area contributed by atoms with Crippen LogP contribution >= 0.6 is 24.0 Å². The third-order valence-electron chi connectivity index (χ3n) is 4.15. The summed E-state index contributed by atoms with van der Waals surface area (Å²) in [5.41, 5.74) is 1.93. The number of nitrogens with one attached hydrogen (secondary N) is 2. The molecule has 3 rings (SSSR count). The van der Waals surface area contributed by atoms with Gasteiger partial charge in [-0.15, -0.1) is 12.4 Å². The zero-order valence-corrected chi connectivity index (χ0v) is 15.2. The van der Waals surface area contributed by atoms with E-state index in [1.165, 1.54) is 5.56 Å². The van der Waals surface area contributed by atoms with Gasteiger partial charge in [0.15, 0.2) is 0 Å². The van der Waals surface area contributed by atoms with E-state index in [0.717, 1.165) is 42.6 Å². The molecule has 1 fully saturated rings. The Morgan fingerprint density at radius 2 is 2.21 bits per heavy atom. The molecular weight excluding hydrogens is 347 g/mol. The lowest BCUT2D eigenvalue weighted by atomic mass is 10.0. The van der Waals surface area contributed by atoms with Gasteiger partial charge in [0.25, 0.3) is 5.56 Å². The Hall–Kier alpha value is -1.40. The summed E-state index contributed by atoms with van der Waals surface area (Å²) < 4.78 is 0. The molecule has 0 radical (unpaired) electrons. The van der Waals surface area contributed by atoms with Crippen LogP contribution in [0, 0.1) is 0 Å². The molecule has 1 aliphatic heterocycles. The van der Waals surface area contributed by atoms with Crippen LogP contribution in [0.2, 0.25) is 5.02 Å².